The highest BCUT2D eigenvalue weighted by molar-refractivity contribution is 5.52. The van der Waals surface area contributed by atoms with Gasteiger partial charge in [-0.3, -0.25) is 0 Å². The SMILES string of the molecule is Nc1cc(F)ccc1OC(C(F)(F)F)C(F)(F)F. The molecule has 0 aliphatic heterocycles. The monoisotopic (exact) mass is 277 g/mol. The van der Waals surface area contributed by atoms with Gasteiger partial charge in [-0.1, -0.05) is 0 Å². The summed E-state index contributed by atoms with van der Waals surface area (Å²) in [4.78, 5) is 0. The van der Waals surface area contributed by atoms with Gasteiger partial charge in [0.25, 0.3) is 6.10 Å². The Morgan fingerprint density at radius 2 is 1.50 bits per heavy atom. The van der Waals surface area contributed by atoms with Crippen LogP contribution in [0.5, 0.6) is 5.75 Å². The summed E-state index contributed by atoms with van der Waals surface area (Å²) in [6, 6.07) is 1.78. The highest BCUT2D eigenvalue weighted by Gasteiger charge is 2.59. The predicted octanol–water partition coefficient (Wildman–Crippen LogP) is 3.28. The quantitative estimate of drug-likeness (QED) is 0.665. The molecule has 2 nitrogen and oxygen atoms in total. The minimum Gasteiger partial charge on any atom is -0.469 e. The van der Waals surface area contributed by atoms with E-state index in [0.717, 1.165) is 0 Å². The van der Waals surface area contributed by atoms with Crippen molar-refractivity contribution in [3.8, 4) is 5.75 Å². The van der Waals surface area contributed by atoms with E-state index in [-0.39, 0.29) is 0 Å². The third-order valence-electron chi connectivity index (χ3n) is 1.81. The van der Waals surface area contributed by atoms with Crippen LogP contribution in [0.3, 0.4) is 0 Å². The molecule has 0 atom stereocenters. The van der Waals surface area contributed by atoms with E-state index < -0.39 is 35.7 Å². The van der Waals surface area contributed by atoms with Crippen molar-refractivity contribution in [1.29, 1.82) is 0 Å². The Labute approximate surface area is 96.1 Å². The molecule has 0 aromatic heterocycles. The molecule has 102 valence electrons. The van der Waals surface area contributed by atoms with Crippen LogP contribution in [-0.4, -0.2) is 18.5 Å². The molecule has 0 aliphatic rings. The number of nitrogen functional groups attached to an aromatic ring is 1. The van der Waals surface area contributed by atoms with Crippen molar-refractivity contribution in [3.63, 3.8) is 0 Å². The number of benzene rings is 1. The second kappa shape index (κ2) is 4.54. The number of hydrogen-bond acceptors (Lipinski definition) is 2. The molecule has 0 amide bonds. The summed E-state index contributed by atoms with van der Waals surface area (Å²) in [7, 11) is 0. The summed E-state index contributed by atoms with van der Waals surface area (Å²) in [5, 5.41) is 0. The first-order chi connectivity index (χ1) is 8.01. The molecule has 0 radical (unpaired) electrons. The Balaban J connectivity index is 3.05. The first-order valence-electron chi connectivity index (χ1n) is 4.37. The van der Waals surface area contributed by atoms with Crippen LogP contribution in [0.2, 0.25) is 0 Å². The third kappa shape index (κ3) is 3.41. The summed E-state index contributed by atoms with van der Waals surface area (Å²) in [5.41, 5.74) is 4.40. The van der Waals surface area contributed by atoms with Gasteiger partial charge in [-0.2, -0.15) is 26.3 Å². The maximum atomic E-state index is 12.6. The second-order valence-corrected chi connectivity index (χ2v) is 3.26. The fourth-order valence-corrected chi connectivity index (χ4v) is 1.07. The van der Waals surface area contributed by atoms with Gasteiger partial charge >= 0.3 is 12.4 Å². The van der Waals surface area contributed by atoms with E-state index in [4.69, 9.17) is 5.73 Å². The highest BCUT2D eigenvalue weighted by Crippen LogP contribution is 2.37. The fraction of sp³-hybridized carbons (Fsp3) is 0.333. The molecule has 0 aliphatic carbocycles. The van der Waals surface area contributed by atoms with Crippen LogP contribution in [0, 0.1) is 5.82 Å². The molecule has 0 unspecified atom stereocenters. The Bertz CT molecular complexity index is 412. The normalized spacial score (nSPS) is 12.9. The Morgan fingerprint density at radius 1 is 1.00 bits per heavy atom. The number of rotatable bonds is 2. The lowest BCUT2D eigenvalue weighted by Gasteiger charge is -2.24. The zero-order valence-corrected chi connectivity index (χ0v) is 8.44. The van der Waals surface area contributed by atoms with Gasteiger partial charge < -0.3 is 10.5 Å². The van der Waals surface area contributed by atoms with Crippen LogP contribution in [0.25, 0.3) is 0 Å². The van der Waals surface area contributed by atoms with Gasteiger partial charge in [0.1, 0.15) is 11.6 Å². The fourth-order valence-electron chi connectivity index (χ4n) is 1.07. The highest BCUT2D eigenvalue weighted by atomic mass is 19.4. The van der Waals surface area contributed by atoms with Crippen LogP contribution in [0.1, 0.15) is 0 Å². The molecule has 0 spiro atoms. The van der Waals surface area contributed by atoms with Crippen LogP contribution >= 0.6 is 0 Å². The van der Waals surface area contributed by atoms with E-state index in [9.17, 15) is 30.7 Å². The minimum atomic E-state index is -5.65. The molecule has 2 N–H and O–H groups in total. The average Bonchev–Trinajstić information content (AvgIpc) is 2.12. The van der Waals surface area contributed by atoms with E-state index in [2.05, 4.69) is 4.74 Å². The number of nitrogens with two attached hydrogens (primary N) is 1. The topological polar surface area (TPSA) is 35.2 Å². The van der Waals surface area contributed by atoms with Crippen molar-refractivity contribution in [1.82, 2.24) is 0 Å². The maximum absolute atomic E-state index is 12.6. The second-order valence-electron chi connectivity index (χ2n) is 3.26. The lowest BCUT2D eigenvalue weighted by molar-refractivity contribution is -0.299. The summed E-state index contributed by atoms with van der Waals surface area (Å²) in [6.45, 7) is 0. The van der Waals surface area contributed by atoms with E-state index in [1.165, 1.54) is 0 Å². The smallest absolute Gasteiger partial charge is 0.434 e. The summed E-state index contributed by atoms with van der Waals surface area (Å²) >= 11 is 0. The molecule has 0 heterocycles. The van der Waals surface area contributed by atoms with Gasteiger partial charge in [0.05, 0.1) is 5.69 Å². The largest absolute Gasteiger partial charge is 0.469 e. The summed E-state index contributed by atoms with van der Waals surface area (Å²) in [6.07, 6.45) is -15.3. The van der Waals surface area contributed by atoms with Crippen molar-refractivity contribution in [2.24, 2.45) is 0 Å². The van der Waals surface area contributed by atoms with Crippen LogP contribution < -0.4 is 10.5 Å². The van der Waals surface area contributed by atoms with Crippen molar-refractivity contribution in [2.75, 3.05) is 5.73 Å². The molecular weight excluding hydrogens is 271 g/mol. The molecule has 18 heavy (non-hydrogen) atoms. The van der Waals surface area contributed by atoms with Crippen molar-refractivity contribution in [3.05, 3.63) is 24.0 Å². The molecular formula is C9H6F7NO. The number of hydrogen-bond donors (Lipinski definition) is 1. The number of halogens is 7. The molecule has 0 bridgehead atoms. The number of ether oxygens (including phenoxy) is 1. The molecule has 0 saturated heterocycles. The van der Waals surface area contributed by atoms with E-state index >= 15 is 0 Å². The summed E-state index contributed by atoms with van der Waals surface area (Å²) in [5.74, 6) is -1.80. The van der Waals surface area contributed by atoms with Gasteiger partial charge in [0.2, 0.25) is 0 Å². The van der Waals surface area contributed by atoms with Gasteiger partial charge in [-0.05, 0) is 12.1 Å². The van der Waals surface area contributed by atoms with Gasteiger partial charge in [-0.15, -0.1) is 0 Å². The zero-order valence-electron chi connectivity index (χ0n) is 8.44. The molecule has 1 rings (SSSR count). The third-order valence-corrected chi connectivity index (χ3v) is 1.81. The van der Waals surface area contributed by atoms with E-state index in [1.54, 1.807) is 0 Å². The lowest BCUT2D eigenvalue weighted by Crippen LogP contribution is -2.46. The van der Waals surface area contributed by atoms with E-state index in [1.807, 2.05) is 0 Å². The standard InChI is InChI=1S/C9H6F7NO/c10-4-1-2-6(5(17)3-4)18-7(8(11,12)13)9(14,15)16/h1-3,7H,17H2. The predicted molar refractivity (Wildman–Crippen MR) is 47.3 cm³/mol. The Morgan fingerprint density at radius 3 is 1.89 bits per heavy atom. The van der Waals surface area contributed by atoms with Gasteiger partial charge in [0, 0.05) is 6.07 Å². The van der Waals surface area contributed by atoms with Crippen molar-refractivity contribution < 1.29 is 35.5 Å². The Kier molecular flexibility index (Phi) is 3.63. The van der Waals surface area contributed by atoms with Gasteiger partial charge in [0.15, 0.2) is 0 Å². The number of anilines is 1. The number of alkyl halides is 6. The molecule has 1 aromatic rings. The first-order valence-corrected chi connectivity index (χ1v) is 4.37. The molecule has 0 saturated carbocycles. The van der Waals surface area contributed by atoms with E-state index in [0.29, 0.717) is 18.2 Å². The van der Waals surface area contributed by atoms with Crippen molar-refractivity contribution >= 4 is 5.69 Å². The van der Waals surface area contributed by atoms with Crippen molar-refractivity contribution in [2.45, 2.75) is 18.5 Å². The molecule has 9 heteroatoms. The minimum absolute atomic E-state index is 0.555. The zero-order chi connectivity index (χ0) is 14.1. The van der Waals surface area contributed by atoms with Crippen LogP contribution in [0.4, 0.5) is 36.4 Å². The summed E-state index contributed by atoms with van der Waals surface area (Å²) < 4.78 is 89.3. The maximum Gasteiger partial charge on any atom is 0.434 e. The first kappa shape index (κ1) is 14.4. The Hall–Kier alpha value is -1.67. The molecule has 0 fully saturated rings. The average molecular weight is 277 g/mol. The molecule has 1 aromatic carbocycles. The van der Waals surface area contributed by atoms with Gasteiger partial charge in [-0.25, -0.2) is 4.39 Å². The van der Waals surface area contributed by atoms with Crippen LogP contribution in [-0.2, 0) is 0 Å². The van der Waals surface area contributed by atoms with Crippen LogP contribution in [0.15, 0.2) is 18.2 Å². The lowest BCUT2D eigenvalue weighted by atomic mass is 10.2.